The molecule has 2 aliphatic rings. The van der Waals surface area contributed by atoms with Gasteiger partial charge in [0.25, 0.3) is 11.2 Å². The van der Waals surface area contributed by atoms with Crippen LogP contribution in [0.2, 0.25) is 0 Å². The van der Waals surface area contributed by atoms with Crippen molar-refractivity contribution in [3.05, 3.63) is 97.5 Å². The first-order chi connectivity index (χ1) is 15.2. The molecule has 0 unspecified atom stereocenters. The minimum atomic E-state index is -0.598. The van der Waals surface area contributed by atoms with E-state index in [1.807, 2.05) is 44.2 Å². The smallest absolute Gasteiger partial charge is 0.277 e. The van der Waals surface area contributed by atoms with Gasteiger partial charge in [0.05, 0.1) is 16.2 Å². The van der Waals surface area contributed by atoms with E-state index in [4.69, 9.17) is 0 Å². The Bertz CT molecular complexity index is 1330. The third-order valence-electron chi connectivity index (χ3n) is 6.15. The van der Waals surface area contributed by atoms with Gasteiger partial charge in [0, 0.05) is 35.7 Å². The van der Waals surface area contributed by atoms with Crippen molar-refractivity contribution in [1.82, 2.24) is 9.78 Å². The molecule has 1 aliphatic heterocycles. The van der Waals surface area contributed by atoms with Gasteiger partial charge in [0.15, 0.2) is 5.78 Å². The molecule has 8 nitrogen and oxygen atoms in total. The van der Waals surface area contributed by atoms with Crippen LogP contribution >= 0.6 is 0 Å². The normalized spacial score (nSPS) is 19.2. The van der Waals surface area contributed by atoms with Gasteiger partial charge in [-0.05, 0) is 29.5 Å². The van der Waals surface area contributed by atoms with Gasteiger partial charge in [-0.2, -0.15) is 0 Å². The third-order valence-corrected chi connectivity index (χ3v) is 6.15. The maximum Gasteiger partial charge on any atom is 0.277 e. The SMILES string of the molecule is CC1(C)CC(=O)C2=C(C1)Nc1[nH]n(-c3ccccc3)c(=O)c1[C@H]2c1ccc([N+](=O)[O-])cc1. The van der Waals surface area contributed by atoms with E-state index >= 15 is 0 Å². The number of allylic oxidation sites excluding steroid dienone is 2. The molecule has 1 aromatic heterocycles. The lowest BCUT2D eigenvalue weighted by Gasteiger charge is -2.37. The minimum absolute atomic E-state index is 0.00962. The van der Waals surface area contributed by atoms with E-state index in [1.54, 1.807) is 12.1 Å². The second-order valence-electron chi connectivity index (χ2n) is 9.12. The molecular formula is C24H22N4O4. The van der Waals surface area contributed by atoms with Gasteiger partial charge in [-0.25, -0.2) is 4.68 Å². The zero-order chi connectivity index (χ0) is 22.6. The summed E-state index contributed by atoms with van der Waals surface area (Å²) in [6.45, 7) is 4.09. The van der Waals surface area contributed by atoms with Crippen LogP contribution in [0.25, 0.3) is 5.69 Å². The summed E-state index contributed by atoms with van der Waals surface area (Å²) in [5, 5.41) is 17.6. The van der Waals surface area contributed by atoms with Crippen LogP contribution < -0.4 is 10.9 Å². The van der Waals surface area contributed by atoms with Crippen molar-refractivity contribution < 1.29 is 9.72 Å². The molecule has 0 bridgehead atoms. The summed E-state index contributed by atoms with van der Waals surface area (Å²) in [7, 11) is 0. The van der Waals surface area contributed by atoms with Crippen molar-refractivity contribution in [2.24, 2.45) is 5.41 Å². The quantitative estimate of drug-likeness (QED) is 0.476. The number of aromatic nitrogens is 2. The molecule has 2 heterocycles. The molecule has 32 heavy (non-hydrogen) atoms. The van der Waals surface area contributed by atoms with Gasteiger partial charge in [-0.1, -0.05) is 44.2 Å². The molecular weight excluding hydrogens is 408 g/mol. The minimum Gasteiger partial charge on any atom is -0.343 e. The summed E-state index contributed by atoms with van der Waals surface area (Å²) in [6.07, 6.45) is 1.04. The van der Waals surface area contributed by atoms with E-state index in [9.17, 15) is 19.7 Å². The fourth-order valence-electron chi connectivity index (χ4n) is 4.77. The van der Waals surface area contributed by atoms with Gasteiger partial charge in [0.2, 0.25) is 0 Å². The number of carbonyl (C=O) groups is 1. The molecule has 0 saturated carbocycles. The summed E-state index contributed by atoms with van der Waals surface area (Å²) in [4.78, 5) is 37.5. The molecule has 0 amide bonds. The van der Waals surface area contributed by atoms with Crippen molar-refractivity contribution in [3.8, 4) is 5.69 Å². The predicted octanol–water partition coefficient (Wildman–Crippen LogP) is 4.27. The van der Waals surface area contributed by atoms with Crippen molar-refractivity contribution in [2.45, 2.75) is 32.6 Å². The summed E-state index contributed by atoms with van der Waals surface area (Å²) >= 11 is 0. The number of fused-ring (bicyclic) bond motifs is 1. The van der Waals surface area contributed by atoms with Crippen LogP contribution in [-0.4, -0.2) is 20.5 Å². The van der Waals surface area contributed by atoms with Crippen LogP contribution in [0, 0.1) is 15.5 Å². The molecule has 5 rings (SSSR count). The number of Topliss-reactive ketones (excluding diaryl/α,β-unsaturated/α-hetero) is 1. The van der Waals surface area contributed by atoms with Gasteiger partial charge in [-0.15, -0.1) is 0 Å². The Kier molecular flexibility index (Phi) is 4.40. The van der Waals surface area contributed by atoms with Gasteiger partial charge < -0.3 is 5.32 Å². The molecule has 1 aliphatic carbocycles. The highest BCUT2D eigenvalue weighted by atomic mass is 16.6. The predicted molar refractivity (Wildman–Crippen MR) is 120 cm³/mol. The molecule has 162 valence electrons. The first-order valence-corrected chi connectivity index (χ1v) is 10.4. The van der Waals surface area contributed by atoms with Crippen molar-refractivity contribution >= 4 is 17.3 Å². The molecule has 0 fully saturated rings. The number of non-ortho nitro benzene ring substituents is 1. The second kappa shape index (κ2) is 7.05. The standard InChI is InChI=1S/C24H22N4O4/c1-24(2)12-17-20(18(29)13-24)19(14-8-10-16(11-9-14)28(31)32)21-22(25-17)26-27(23(21)30)15-6-4-3-5-7-15/h3-11,19,25-26H,12-13H2,1-2H3/t19-/m0/s1. The fraction of sp³-hybridized carbons (Fsp3) is 0.250. The van der Waals surface area contributed by atoms with E-state index in [-0.39, 0.29) is 22.4 Å². The number of rotatable bonds is 3. The number of aromatic amines is 1. The van der Waals surface area contributed by atoms with E-state index in [2.05, 4.69) is 10.4 Å². The van der Waals surface area contributed by atoms with E-state index in [0.29, 0.717) is 41.0 Å². The number of para-hydroxylation sites is 1. The van der Waals surface area contributed by atoms with Crippen LogP contribution in [-0.2, 0) is 4.79 Å². The number of nitrogens with zero attached hydrogens (tertiary/aromatic N) is 2. The van der Waals surface area contributed by atoms with Crippen LogP contribution in [0.1, 0.15) is 43.7 Å². The van der Waals surface area contributed by atoms with Gasteiger partial charge in [-0.3, -0.25) is 24.8 Å². The lowest BCUT2D eigenvalue weighted by molar-refractivity contribution is -0.384. The molecule has 0 spiro atoms. The maximum atomic E-state index is 13.5. The summed E-state index contributed by atoms with van der Waals surface area (Å²) < 4.78 is 1.46. The average molecular weight is 430 g/mol. The van der Waals surface area contributed by atoms with Crippen LogP contribution in [0.3, 0.4) is 0 Å². The van der Waals surface area contributed by atoms with Gasteiger partial charge in [0.1, 0.15) is 5.82 Å². The van der Waals surface area contributed by atoms with Crippen molar-refractivity contribution in [1.29, 1.82) is 0 Å². The van der Waals surface area contributed by atoms with Gasteiger partial charge >= 0.3 is 0 Å². The lowest BCUT2D eigenvalue weighted by atomic mass is 9.69. The molecule has 1 atom stereocenters. The highest BCUT2D eigenvalue weighted by Gasteiger charge is 2.43. The second-order valence-corrected chi connectivity index (χ2v) is 9.12. The Labute approximate surface area is 183 Å². The average Bonchev–Trinajstić information content (AvgIpc) is 3.08. The first kappa shape index (κ1) is 20.0. The number of hydrogen-bond acceptors (Lipinski definition) is 5. The Morgan fingerprint density at radius 3 is 2.38 bits per heavy atom. The molecule has 3 aromatic rings. The lowest BCUT2D eigenvalue weighted by Crippen LogP contribution is -2.35. The number of hydrogen-bond donors (Lipinski definition) is 2. The maximum absolute atomic E-state index is 13.5. The number of nitrogens with one attached hydrogen (secondary N) is 2. The number of nitro groups is 1. The molecule has 2 aromatic carbocycles. The van der Waals surface area contributed by atoms with Crippen molar-refractivity contribution in [3.63, 3.8) is 0 Å². The summed E-state index contributed by atoms with van der Waals surface area (Å²) in [5.74, 6) is -0.0598. The van der Waals surface area contributed by atoms with Crippen LogP contribution in [0.5, 0.6) is 0 Å². The zero-order valence-electron chi connectivity index (χ0n) is 17.7. The third kappa shape index (κ3) is 3.15. The molecule has 0 radical (unpaired) electrons. The topological polar surface area (TPSA) is 110 Å². The van der Waals surface area contributed by atoms with E-state index < -0.39 is 10.8 Å². The largest absolute Gasteiger partial charge is 0.343 e. The number of ketones is 1. The van der Waals surface area contributed by atoms with E-state index in [1.165, 1.54) is 16.8 Å². The first-order valence-electron chi connectivity index (χ1n) is 10.4. The molecule has 0 saturated heterocycles. The zero-order valence-corrected chi connectivity index (χ0v) is 17.7. The Hall–Kier alpha value is -3.94. The van der Waals surface area contributed by atoms with Crippen LogP contribution in [0.15, 0.2) is 70.7 Å². The Morgan fingerprint density at radius 2 is 1.72 bits per heavy atom. The van der Waals surface area contributed by atoms with Crippen LogP contribution in [0.4, 0.5) is 11.5 Å². The summed E-state index contributed by atoms with van der Waals surface area (Å²) in [5.41, 5.74) is 2.66. The summed E-state index contributed by atoms with van der Waals surface area (Å²) in [6, 6.07) is 15.3. The molecule has 8 heteroatoms. The monoisotopic (exact) mass is 430 g/mol. The van der Waals surface area contributed by atoms with Crippen molar-refractivity contribution in [2.75, 3.05) is 5.32 Å². The Morgan fingerprint density at radius 1 is 1.03 bits per heavy atom. The number of H-pyrrole nitrogens is 1. The highest BCUT2D eigenvalue weighted by Crippen LogP contribution is 2.47. The number of carbonyl (C=O) groups excluding carboxylic acids is 1. The number of anilines is 1. The Balaban J connectivity index is 1.73. The van der Waals surface area contributed by atoms with E-state index in [0.717, 1.165) is 5.70 Å². The highest BCUT2D eigenvalue weighted by molar-refractivity contribution is 6.01. The molecule has 2 N–H and O–H groups in total. The number of nitro benzene ring substituents is 1. The fourth-order valence-corrected chi connectivity index (χ4v) is 4.77. The number of benzene rings is 2.